The van der Waals surface area contributed by atoms with Gasteiger partial charge in [0.25, 0.3) is 0 Å². The van der Waals surface area contributed by atoms with Crippen molar-refractivity contribution in [3.05, 3.63) is 66.2 Å². The molecule has 0 spiro atoms. The molecule has 0 unspecified atom stereocenters. The monoisotopic (exact) mass is 402 g/mol. The van der Waals surface area contributed by atoms with Crippen LogP contribution in [0.15, 0.2) is 70.5 Å². The molecule has 6 heteroatoms. The third kappa shape index (κ3) is 3.33. The van der Waals surface area contributed by atoms with Crippen LogP contribution in [0.4, 0.5) is 0 Å². The molecule has 0 aromatic heterocycles. The van der Waals surface area contributed by atoms with Crippen LogP contribution < -0.4 is 0 Å². The van der Waals surface area contributed by atoms with E-state index in [0.717, 1.165) is 34.1 Å². The maximum absolute atomic E-state index is 13.0. The molecule has 1 fully saturated rings. The molecule has 0 bridgehead atoms. The van der Waals surface area contributed by atoms with Crippen LogP contribution >= 0.6 is 10.3 Å². The molecule has 27 heavy (non-hydrogen) atoms. The molecule has 0 radical (unpaired) electrons. The van der Waals surface area contributed by atoms with E-state index in [4.69, 9.17) is 3.63 Å². The lowest BCUT2D eigenvalue weighted by atomic mass is 10.1. The van der Waals surface area contributed by atoms with E-state index in [9.17, 15) is 13.5 Å². The van der Waals surface area contributed by atoms with Gasteiger partial charge in [-0.2, -0.15) is 8.42 Å². The highest BCUT2D eigenvalue weighted by Gasteiger charge is 2.38. The van der Waals surface area contributed by atoms with E-state index in [1.807, 2.05) is 31.2 Å². The predicted molar refractivity (Wildman–Crippen MR) is 110 cm³/mol. The van der Waals surface area contributed by atoms with Crippen LogP contribution in [0.3, 0.4) is 0 Å². The summed E-state index contributed by atoms with van der Waals surface area (Å²) in [6, 6.07) is 17.8. The van der Waals surface area contributed by atoms with Gasteiger partial charge in [-0.1, -0.05) is 52.3 Å². The smallest absolute Gasteiger partial charge is 0.306 e. The van der Waals surface area contributed by atoms with Gasteiger partial charge in [-0.15, -0.1) is 0 Å². The lowest BCUT2D eigenvalue weighted by Gasteiger charge is -2.35. The SMILES string of the molecule is Cc1ccc(S(=O)(=O)OS2(c3cccc4c(O)cccc34)CCCC2)cc1. The highest BCUT2D eigenvalue weighted by molar-refractivity contribution is 8.33. The second kappa shape index (κ2) is 6.86. The molecule has 0 aliphatic carbocycles. The number of phenolic OH excluding ortho intramolecular Hbond substituents is 1. The van der Waals surface area contributed by atoms with Gasteiger partial charge in [0.2, 0.25) is 0 Å². The zero-order valence-corrected chi connectivity index (χ0v) is 16.7. The molecule has 1 heterocycles. The Balaban J connectivity index is 1.83. The van der Waals surface area contributed by atoms with Crippen molar-refractivity contribution in [1.29, 1.82) is 0 Å². The van der Waals surface area contributed by atoms with Crippen LogP contribution in [0.5, 0.6) is 5.75 Å². The summed E-state index contributed by atoms with van der Waals surface area (Å²) in [7, 11) is -5.87. The number of hydrogen-bond donors (Lipinski definition) is 1. The van der Waals surface area contributed by atoms with Gasteiger partial charge < -0.3 is 5.11 Å². The first-order valence-electron chi connectivity index (χ1n) is 8.94. The van der Waals surface area contributed by atoms with Gasteiger partial charge in [0, 0.05) is 21.8 Å². The molecule has 1 N–H and O–H groups in total. The van der Waals surface area contributed by atoms with Gasteiger partial charge in [-0.3, -0.25) is 0 Å². The van der Waals surface area contributed by atoms with Gasteiger partial charge in [0.05, 0.1) is 4.90 Å². The van der Waals surface area contributed by atoms with Crippen molar-refractivity contribution in [2.45, 2.75) is 29.6 Å². The summed E-state index contributed by atoms with van der Waals surface area (Å²) < 4.78 is 32.1. The van der Waals surface area contributed by atoms with E-state index in [0.29, 0.717) is 11.5 Å². The molecule has 3 aromatic rings. The van der Waals surface area contributed by atoms with Crippen molar-refractivity contribution < 1.29 is 17.2 Å². The Morgan fingerprint density at radius 2 is 1.52 bits per heavy atom. The Bertz CT molecular complexity index is 1080. The highest BCUT2D eigenvalue weighted by atomic mass is 32.3. The van der Waals surface area contributed by atoms with E-state index < -0.39 is 20.4 Å². The Kier molecular flexibility index (Phi) is 4.66. The van der Waals surface area contributed by atoms with Crippen LogP contribution in [-0.4, -0.2) is 25.0 Å². The highest BCUT2D eigenvalue weighted by Crippen LogP contribution is 2.64. The van der Waals surface area contributed by atoms with Crippen LogP contribution in [0.25, 0.3) is 10.8 Å². The minimum atomic E-state index is -3.87. The standard InChI is InChI=1S/C21H22O4S2/c1-16-10-12-17(13-11-16)27(23,24)25-26(14-2-3-15-26)21-9-5-6-18-19(21)7-4-8-20(18)22/h4-13,22H,2-3,14-15H2,1H3. The molecule has 4 rings (SSSR count). The van der Waals surface area contributed by atoms with E-state index >= 15 is 0 Å². The summed E-state index contributed by atoms with van der Waals surface area (Å²) in [5.41, 5.74) is 1.00. The summed E-state index contributed by atoms with van der Waals surface area (Å²) in [4.78, 5) is 1.10. The molecular formula is C21H22O4S2. The molecule has 1 aliphatic rings. The fourth-order valence-electron chi connectivity index (χ4n) is 3.60. The van der Waals surface area contributed by atoms with Gasteiger partial charge in [0.15, 0.2) is 0 Å². The molecule has 0 saturated carbocycles. The van der Waals surface area contributed by atoms with Crippen LogP contribution in [0, 0.1) is 6.92 Å². The van der Waals surface area contributed by atoms with Crippen molar-refractivity contribution in [3.8, 4) is 5.75 Å². The second-order valence-electron chi connectivity index (χ2n) is 6.89. The number of aromatic hydroxyl groups is 1. The maximum atomic E-state index is 13.0. The summed E-state index contributed by atoms with van der Waals surface area (Å²) in [5.74, 6) is 1.63. The minimum Gasteiger partial charge on any atom is -0.507 e. The summed E-state index contributed by atoms with van der Waals surface area (Å²) in [6.07, 6.45) is 1.88. The maximum Gasteiger partial charge on any atom is 0.306 e. The van der Waals surface area contributed by atoms with Crippen molar-refractivity contribution in [2.24, 2.45) is 0 Å². The normalized spacial score (nSPS) is 17.8. The first kappa shape index (κ1) is 18.3. The Morgan fingerprint density at radius 3 is 2.22 bits per heavy atom. The average molecular weight is 403 g/mol. The third-order valence-electron chi connectivity index (χ3n) is 4.99. The quantitative estimate of drug-likeness (QED) is 0.657. The molecule has 1 saturated heterocycles. The fraction of sp³-hybridized carbons (Fsp3) is 0.238. The number of fused-ring (bicyclic) bond motifs is 1. The predicted octanol–water partition coefficient (Wildman–Crippen LogP) is 5.13. The number of phenols is 1. The second-order valence-corrected chi connectivity index (χ2v) is 11.7. The summed E-state index contributed by atoms with van der Waals surface area (Å²) >= 11 is 0. The lowest BCUT2D eigenvalue weighted by molar-refractivity contribution is 0.481. The van der Waals surface area contributed by atoms with Crippen LogP contribution in [0.2, 0.25) is 0 Å². The average Bonchev–Trinajstić information content (AvgIpc) is 3.11. The zero-order chi connectivity index (χ0) is 19.1. The third-order valence-corrected chi connectivity index (χ3v) is 10.6. The topological polar surface area (TPSA) is 63.6 Å². The van der Waals surface area contributed by atoms with E-state index in [1.165, 1.54) is 0 Å². The Morgan fingerprint density at radius 1 is 0.889 bits per heavy atom. The van der Waals surface area contributed by atoms with E-state index in [1.54, 1.807) is 36.4 Å². The van der Waals surface area contributed by atoms with Crippen molar-refractivity contribution >= 4 is 31.2 Å². The summed E-state index contributed by atoms with van der Waals surface area (Å²) in [6.45, 7) is 1.92. The Labute approximate surface area is 161 Å². The minimum absolute atomic E-state index is 0.190. The molecule has 142 valence electrons. The fourth-order valence-corrected chi connectivity index (χ4v) is 9.48. The molecule has 0 amide bonds. The van der Waals surface area contributed by atoms with Crippen LogP contribution in [-0.2, 0) is 13.7 Å². The van der Waals surface area contributed by atoms with E-state index in [2.05, 4.69) is 0 Å². The van der Waals surface area contributed by atoms with E-state index in [-0.39, 0.29) is 10.6 Å². The lowest BCUT2D eigenvalue weighted by Crippen LogP contribution is -2.15. The number of benzene rings is 3. The molecule has 0 atom stereocenters. The van der Waals surface area contributed by atoms with Gasteiger partial charge in [-0.25, -0.2) is 3.63 Å². The first-order chi connectivity index (χ1) is 12.9. The zero-order valence-electron chi connectivity index (χ0n) is 15.1. The van der Waals surface area contributed by atoms with Gasteiger partial charge in [-0.05, 0) is 49.4 Å². The number of hydrogen-bond acceptors (Lipinski definition) is 4. The van der Waals surface area contributed by atoms with Crippen LogP contribution in [0.1, 0.15) is 18.4 Å². The molecular weight excluding hydrogens is 380 g/mol. The number of rotatable bonds is 4. The van der Waals surface area contributed by atoms with Crippen molar-refractivity contribution in [2.75, 3.05) is 11.5 Å². The molecule has 1 aliphatic heterocycles. The van der Waals surface area contributed by atoms with Crippen molar-refractivity contribution in [3.63, 3.8) is 0 Å². The number of aryl methyl sites for hydroxylation is 1. The Hall–Kier alpha value is -2.02. The van der Waals surface area contributed by atoms with Crippen molar-refractivity contribution in [1.82, 2.24) is 0 Å². The van der Waals surface area contributed by atoms with Gasteiger partial charge >= 0.3 is 10.1 Å². The summed E-state index contributed by atoms with van der Waals surface area (Å²) in [5, 5.41) is 11.8. The molecule has 4 nitrogen and oxygen atoms in total. The first-order valence-corrected chi connectivity index (χ1v) is 12.2. The van der Waals surface area contributed by atoms with Gasteiger partial charge in [0.1, 0.15) is 5.75 Å². The largest absolute Gasteiger partial charge is 0.507 e. The molecule has 3 aromatic carbocycles.